The van der Waals surface area contributed by atoms with Crippen molar-refractivity contribution in [3.05, 3.63) is 35.0 Å². The highest BCUT2D eigenvalue weighted by Crippen LogP contribution is 2.34. The number of carbonyl (C=O) groups is 1. The third-order valence-corrected chi connectivity index (χ3v) is 8.29. The fourth-order valence-electron chi connectivity index (χ4n) is 5.55. The second-order valence-corrected chi connectivity index (χ2v) is 10.8. The topological polar surface area (TPSA) is 92.5 Å². The molecule has 1 aromatic carbocycles. The highest BCUT2D eigenvalue weighted by atomic mass is 32.1. The van der Waals surface area contributed by atoms with Gasteiger partial charge in [0.1, 0.15) is 5.01 Å². The number of rotatable bonds is 9. The first-order valence-electron chi connectivity index (χ1n) is 13.3. The van der Waals surface area contributed by atoms with Crippen molar-refractivity contribution in [1.29, 1.82) is 0 Å². The molecule has 36 heavy (non-hydrogen) atoms. The van der Waals surface area contributed by atoms with Gasteiger partial charge in [-0.25, -0.2) is 4.98 Å². The van der Waals surface area contributed by atoms with Crippen LogP contribution in [0.1, 0.15) is 43.2 Å². The van der Waals surface area contributed by atoms with E-state index in [-0.39, 0.29) is 18.4 Å². The quantitative estimate of drug-likeness (QED) is 0.457. The molecule has 9 heteroatoms. The number of amides is 1. The summed E-state index contributed by atoms with van der Waals surface area (Å²) in [5.41, 5.74) is 3.81. The molecule has 0 unspecified atom stereocenters. The average molecular weight is 512 g/mol. The Labute approximate surface area is 216 Å². The zero-order valence-corrected chi connectivity index (χ0v) is 21.9. The minimum absolute atomic E-state index is 0.0159. The van der Waals surface area contributed by atoms with Gasteiger partial charge >= 0.3 is 0 Å². The van der Waals surface area contributed by atoms with Gasteiger partial charge in [-0.15, -0.1) is 0 Å². The molecule has 1 amide bonds. The molecule has 2 N–H and O–H groups in total. The zero-order valence-electron chi connectivity index (χ0n) is 21.1. The second kappa shape index (κ2) is 11.8. The van der Waals surface area contributed by atoms with Crippen molar-refractivity contribution in [2.75, 3.05) is 39.5 Å². The van der Waals surface area contributed by atoms with E-state index < -0.39 is 0 Å². The monoisotopic (exact) mass is 511 g/mol. The summed E-state index contributed by atoms with van der Waals surface area (Å²) in [6.07, 6.45) is 7.16. The van der Waals surface area contributed by atoms with E-state index >= 15 is 0 Å². The Bertz CT molecular complexity index is 1160. The van der Waals surface area contributed by atoms with E-state index in [0.717, 1.165) is 87.9 Å². The van der Waals surface area contributed by atoms with Crippen molar-refractivity contribution >= 4 is 28.3 Å². The number of aliphatic hydroxyl groups excluding tert-OH is 1. The second-order valence-electron chi connectivity index (χ2n) is 9.99. The van der Waals surface area contributed by atoms with Crippen LogP contribution in [-0.4, -0.2) is 69.3 Å². The van der Waals surface area contributed by atoms with Crippen LogP contribution in [0.15, 0.2) is 24.4 Å². The molecule has 0 atom stereocenters. The molecule has 2 aliphatic rings. The minimum Gasteiger partial charge on any atom is -0.395 e. The van der Waals surface area contributed by atoms with Crippen LogP contribution in [0, 0.1) is 11.8 Å². The van der Waals surface area contributed by atoms with Crippen LogP contribution in [0.25, 0.3) is 22.3 Å². The first-order valence-corrected chi connectivity index (χ1v) is 14.1. The average Bonchev–Trinajstić information content (AvgIpc) is 3.53. The van der Waals surface area contributed by atoms with Gasteiger partial charge in [-0.05, 0) is 68.2 Å². The number of hydrogen-bond acceptors (Lipinski definition) is 7. The van der Waals surface area contributed by atoms with Gasteiger partial charge in [0.05, 0.1) is 18.7 Å². The van der Waals surface area contributed by atoms with Crippen LogP contribution in [0.3, 0.4) is 0 Å². The number of piperidine rings is 1. The normalized spacial score (nSPS) is 18.2. The molecule has 8 nitrogen and oxygen atoms in total. The summed E-state index contributed by atoms with van der Waals surface area (Å²) in [6.45, 7) is 7.78. The van der Waals surface area contributed by atoms with E-state index in [2.05, 4.69) is 46.1 Å². The molecule has 3 aromatic rings. The number of aromatic nitrogens is 3. The smallest absolute Gasteiger partial charge is 0.223 e. The number of ether oxygens (including phenoxy) is 1. The summed E-state index contributed by atoms with van der Waals surface area (Å²) >= 11 is 1.48. The van der Waals surface area contributed by atoms with E-state index in [9.17, 15) is 4.79 Å². The number of nitrogens with one attached hydrogen (secondary N) is 1. The lowest BCUT2D eigenvalue weighted by atomic mass is 9.96. The van der Waals surface area contributed by atoms with Crippen molar-refractivity contribution in [3.63, 3.8) is 0 Å². The lowest BCUT2D eigenvalue weighted by Crippen LogP contribution is -2.40. The molecule has 0 radical (unpaired) electrons. The lowest BCUT2D eigenvalue weighted by Gasteiger charge is -2.30. The molecule has 2 fully saturated rings. The van der Waals surface area contributed by atoms with Crippen molar-refractivity contribution < 1.29 is 14.6 Å². The van der Waals surface area contributed by atoms with Gasteiger partial charge in [0.25, 0.3) is 0 Å². The number of aryl methyl sites for hydroxylation is 1. The predicted octanol–water partition coefficient (Wildman–Crippen LogP) is 3.47. The molecule has 0 saturated carbocycles. The fraction of sp³-hybridized carbons (Fsp3) is 0.593. The number of para-hydroxylation sites is 1. The highest BCUT2D eigenvalue weighted by molar-refractivity contribution is 7.05. The van der Waals surface area contributed by atoms with Gasteiger partial charge in [-0.1, -0.05) is 25.1 Å². The van der Waals surface area contributed by atoms with Crippen molar-refractivity contribution in [3.8, 4) is 11.4 Å². The molecule has 4 heterocycles. The third kappa shape index (κ3) is 5.64. The fourth-order valence-corrected chi connectivity index (χ4v) is 6.25. The molecule has 0 spiro atoms. The molecular formula is C27H37N5O3S. The van der Waals surface area contributed by atoms with E-state index in [1.165, 1.54) is 28.0 Å². The first kappa shape index (κ1) is 25.3. The molecule has 2 saturated heterocycles. The molecular weight excluding hydrogens is 474 g/mol. The number of aliphatic hydroxyl groups is 1. The number of fused-ring (bicyclic) bond motifs is 1. The lowest BCUT2D eigenvalue weighted by molar-refractivity contribution is -0.126. The van der Waals surface area contributed by atoms with Gasteiger partial charge in [-0.3, -0.25) is 9.69 Å². The summed E-state index contributed by atoms with van der Waals surface area (Å²) in [6, 6.07) is 6.59. The van der Waals surface area contributed by atoms with Crippen LogP contribution < -0.4 is 5.32 Å². The standard InChI is InChI=1S/C27H37N5O3S/c1-2-20-4-3-5-22-23(17-32(25(20)22)16-19-8-14-35-15-9-19)26-29-24(36-30-26)18-31-11-6-21(7-12-31)27(34)28-10-13-33/h3-5,17,19,21,33H,2,6-16,18H2,1H3,(H,28,34). The van der Waals surface area contributed by atoms with Gasteiger partial charge in [-0.2, -0.15) is 4.37 Å². The third-order valence-electron chi connectivity index (χ3n) is 7.60. The van der Waals surface area contributed by atoms with Crippen molar-refractivity contribution in [1.82, 2.24) is 24.1 Å². The maximum Gasteiger partial charge on any atom is 0.223 e. The Kier molecular flexibility index (Phi) is 8.31. The van der Waals surface area contributed by atoms with Gasteiger partial charge < -0.3 is 19.7 Å². The molecule has 0 aliphatic carbocycles. The first-order chi connectivity index (χ1) is 17.7. The highest BCUT2D eigenvalue weighted by Gasteiger charge is 2.26. The maximum absolute atomic E-state index is 12.2. The Morgan fingerprint density at radius 3 is 2.78 bits per heavy atom. The molecule has 5 rings (SSSR count). The molecule has 2 aliphatic heterocycles. The van der Waals surface area contributed by atoms with Crippen LogP contribution in [0.2, 0.25) is 0 Å². The summed E-state index contributed by atoms with van der Waals surface area (Å²) in [5.74, 6) is 1.55. The largest absolute Gasteiger partial charge is 0.395 e. The Morgan fingerprint density at radius 2 is 2.03 bits per heavy atom. The van der Waals surface area contributed by atoms with Crippen LogP contribution in [0.4, 0.5) is 0 Å². The Balaban J connectivity index is 1.30. The number of benzene rings is 1. The maximum atomic E-state index is 12.2. The molecule has 2 aromatic heterocycles. The Morgan fingerprint density at radius 1 is 1.22 bits per heavy atom. The zero-order chi connectivity index (χ0) is 24.9. The molecule has 194 valence electrons. The van der Waals surface area contributed by atoms with Crippen LogP contribution in [-0.2, 0) is 29.0 Å². The van der Waals surface area contributed by atoms with Gasteiger partial charge in [0, 0.05) is 49.4 Å². The number of nitrogens with zero attached hydrogens (tertiary/aromatic N) is 4. The number of likely N-dealkylation sites (tertiary alicyclic amines) is 1. The minimum atomic E-state index is -0.0159. The van der Waals surface area contributed by atoms with Crippen molar-refractivity contribution in [2.45, 2.75) is 52.1 Å². The van der Waals surface area contributed by atoms with Gasteiger partial charge in [0.2, 0.25) is 5.91 Å². The predicted molar refractivity (Wildman–Crippen MR) is 142 cm³/mol. The van der Waals surface area contributed by atoms with E-state index in [0.29, 0.717) is 12.5 Å². The van der Waals surface area contributed by atoms with E-state index in [1.54, 1.807) is 0 Å². The molecule has 0 bridgehead atoms. The summed E-state index contributed by atoms with van der Waals surface area (Å²) < 4.78 is 12.8. The number of hydrogen-bond donors (Lipinski definition) is 2. The SMILES string of the molecule is CCc1cccc2c(-c3nsc(CN4CCC(C(=O)NCCO)CC4)n3)cn(CC3CCOCC3)c12. The Hall–Kier alpha value is -2.33. The van der Waals surface area contributed by atoms with Crippen LogP contribution in [0.5, 0.6) is 0 Å². The number of carbonyl (C=O) groups excluding carboxylic acids is 1. The van der Waals surface area contributed by atoms with Crippen molar-refractivity contribution in [2.24, 2.45) is 11.8 Å². The summed E-state index contributed by atoms with van der Waals surface area (Å²) in [4.78, 5) is 19.5. The van der Waals surface area contributed by atoms with E-state index in [1.807, 2.05) is 0 Å². The summed E-state index contributed by atoms with van der Waals surface area (Å²) in [7, 11) is 0. The van der Waals surface area contributed by atoms with Gasteiger partial charge in [0.15, 0.2) is 5.82 Å². The van der Waals surface area contributed by atoms with E-state index in [4.69, 9.17) is 19.2 Å². The van der Waals surface area contributed by atoms with Crippen LogP contribution >= 0.6 is 11.5 Å². The summed E-state index contributed by atoms with van der Waals surface area (Å²) in [5, 5.41) is 14.0.